The van der Waals surface area contributed by atoms with Gasteiger partial charge in [0.25, 0.3) is 5.56 Å². The molecule has 0 saturated heterocycles. The van der Waals surface area contributed by atoms with E-state index in [1.54, 1.807) is 6.20 Å². The largest absolute Gasteiger partial charge is 0.362 e. The van der Waals surface area contributed by atoms with Crippen LogP contribution in [-0.4, -0.2) is 25.9 Å². The van der Waals surface area contributed by atoms with Crippen LogP contribution in [0.4, 0.5) is 5.69 Å². The molecule has 1 saturated carbocycles. The molecule has 0 amide bonds. The molecule has 1 aliphatic heterocycles. The Bertz CT molecular complexity index is 969. The Morgan fingerprint density at radius 1 is 1.04 bits per heavy atom. The first kappa shape index (κ1) is 14.7. The van der Waals surface area contributed by atoms with E-state index in [0.717, 1.165) is 30.9 Å². The van der Waals surface area contributed by atoms with Gasteiger partial charge in [-0.2, -0.15) is 5.10 Å². The molecule has 25 heavy (non-hydrogen) atoms. The van der Waals surface area contributed by atoms with Crippen LogP contribution in [0.3, 0.4) is 0 Å². The van der Waals surface area contributed by atoms with Crippen molar-refractivity contribution in [3.63, 3.8) is 0 Å². The molecule has 3 aromatic rings. The average Bonchev–Trinajstić information content (AvgIpc) is 3.31. The van der Waals surface area contributed by atoms with Crippen LogP contribution < -0.4 is 10.5 Å². The number of fused-ring (bicyclic) bond motifs is 2. The van der Waals surface area contributed by atoms with Crippen LogP contribution in [0.25, 0.3) is 11.0 Å². The first-order chi connectivity index (χ1) is 12.3. The Balaban J connectivity index is 1.59. The topological polar surface area (TPSA) is 56.0 Å². The summed E-state index contributed by atoms with van der Waals surface area (Å²) in [5.74, 6) is 0.840. The maximum atomic E-state index is 12.9. The molecule has 6 nitrogen and oxygen atoms in total. The lowest BCUT2D eigenvalue weighted by atomic mass is 10.2. The van der Waals surface area contributed by atoms with Crippen molar-refractivity contribution in [2.75, 3.05) is 11.4 Å². The first-order valence-corrected chi connectivity index (χ1v) is 9.08. The van der Waals surface area contributed by atoms with Gasteiger partial charge in [-0.15, -0.1) is 0 Å². The fourth-order valence-corrected chi connectivity index (χ4v) is 4.16. The molecule has 6 heteroatoms. The molecule has 0 unspecified atom stereocenters. The summed E-state index contributed by atoms with van der Waals surface area (Å²) < 4.78 is 3.81. The van der Waals surface area contributed by atoms with Gasteiger partial charge in [0.1, 0.15) is 11.2 Å². The maximum absolute atomic E-state index is 12.9. The van der Waals surface area contributed by atoms with Crippen LogP contribution in [-0.2, 0) is 13.1 Å². The van der Waals surface area contributed by atoms with E-state index >= 15 is 0 Å². The minimum Gasteiger partial charge on any atom is -0.362 e. The lowest BCUT2D eigenvalue weighted by Crippen LogP contribution is -2.40. The predicted octanol–water partition coefficient (Wildman–Crippen LogP) is 2.73. The number of hydrogen-bond donors (Lipinski definition) is 0. The van der Waals surface area contributed by atoms with Crippen LogP contribution in [0.1, 0.15) is 37.5 Å². The predicted molar refractivity (Wildman–Crippen MR) is 96.8 cm³/mol. The van der Waals surface area contributed by atoms with Gasteiger partial charge in [0.15, 0.2) is 5.65 Å². The van der Waals surface area contributed by atoms with Crippen LogP contribution in [0, 0.1) is 0 Å². The van der Waals surface area contributed by atoms with Crippen molar-refractivity contribution in [3.05, 3.63) is 52.7 Å². The minimum atomic E-state index is 0.0527. The number of benzene rings is 1. The summed E-state index contributed by atoms with van der Waals surface area (Å²) in [4.78, 5) is 20.1. The van der Waals surface area contributed by atoms with Crippen molar-refractivity contribution >= 4 is 16.7 Å². The van der Waals surface area contributed by atoms with E-state index < -0.39 is 0 Å². The fourth-order valence-electron chi connectivity index (χ4n) is 4.16. The Kier molecular flexibility index (Phi) is 3.36. The molecule has 2 aliphatic rings. The third-order valence-electron chi connectivity index (χ3n) is 5.51. The number of anilines is 1. The molecule has 0 atom stereocenters. The summed E-state index contributed by atoms with van der Waals surface area (Å²) in [5.41, 5.74) is 1.99. The van der Waals surface area contributed by atoms with Gasteiger partial charge < -0.3 is 4.90 Å². The number of hydrogen-bond acceptors (Lipinski definition) is 4. The zero-order chi connectivity index (χ0) is 16.8. The third kappa shape index (κ3) is 2.35. The second kappa shape index (κ2) is 5.72. The molecule has 128 valence electrons. The zero-order valence-corrected chi connectivity index (χ0v) is 14.1. The highest BCUT2D eigenvalue weighted by Gasteiger charge is 2.25. The van der Waals surface area contributed by atoms with E-state index in [-0.39, 0.29) is 5.56 Å². The van der Waals surface area contributed by atoms with E-state index in [2.05, 4.69) is 22.1 Å². The SMILES string of the molecule is O=c1c2cnn(C3CCCC3)c2nc2n1CCN(c1ccccc1)C2. The van der Waals surface area contributed by atoms with Gasteiger partial charge in [0.2, 0.25) is 0 Å². The fraction of sp³-hybridized carbons (Fsp3) is 0.421. The summed E-state index contributed by atoms with van der Waals surface area (Å²) in [6.07, 6.45) is 6.44. The molecule has 0 radical (unpaired) electrons. The van der Waals surface area contributed by atoms with Gasteiger partial charge in [0, 0.05) is 18.8 Å². The molecular weight excluding hydrogens is 314 g/mol. The van der Waals surface area contributed by atoms with Crippen molar-refractivity contribution in [3.8, 4) is 0 Å². The summed E-state index contributed by atoms with van der Waals surface area (Å²) >= 11 is 0. The molecule has 2 aromatic heterocycles. The standard InChI is InChI=1S/C19H21N5O/c25-19-16-12-20-24(15-8-4-5-9-15)18(16)21-17-13-22(10-11-23(17)19)14-6-2-1-3-7-14/h1-3,6-7,12,15H,4-5,8-11,13H2. The van der Waals surface area contributed by atoms with Crippen LogP contribution in [0.2, 0.25) is 0 Å². The zero-order valence-electron chi connectivity index (χ0n) is 14.1. The number of rotatable bonds is 2. The third-order valence-corrected chi connectivity index (χ3v) is 5.51. The molecule has 0 spiro atoms. The molecule has 0 N–H and O–H groups in total. The monoisotopic (exact) mass is 335 g/mol. The number of nitrogens with zero attached hydrogens (tertiary/aromatic N) is 5. The molecule has 5 rings (SSSR count). The lowest BCUT2D eigenvalue weighted by Gasteiger charge is -2.30. The highest BCUT2D eigenvalue weighted by atomic mass is 16.1. The molecule has 1 fully saturated rings. The van der Waals surface area contributed by atoms with Gasteiger partial charge in [-0.3, -0.25) is 9.36 Å². The number of para-hydroxylation sites is 1. The Morgan fingerprint density at radius 3 is 2.64 bits per heavy atom. The molecule has 1 aromatic carbocycles. The molecule has 1 aliphatic carbocycles. The Hall–Kier alpha value is -2.63. The number of aromatic nitrogens is 4. The highest BCUT2D eigenvalue weighted by Crippen LogP contribution is 2.31. The maximum Gasteiger partial charge on any atom is 0.264 e. The van der Waals surface area contributed by atoms with Crippen molar-refractivity contribution in [2.45, 2.75) is 44.8 Å². The quantitative estimate of drug-likeness (QED) is 0.722. The van der Waals surface area contributed by atoms with E-state index in [1.807, 2.05) is 27.4 Å². The molecule has 3 heterocycles. The van der Waals surface area contributed by atoms with E-state index in [0.29, 0.717) is 24.5 Å². The van der Waals surface area contributed by atoms with Gasteiger partial charge in [-0.25, -0.2) is 9.67 Å². The molecular formula is C19H21N5O. The summed E-state index contributed by atoms with van der Waals surface area (Å²) in [6, 6.07) is 10.7. The highest BCUT2D eigenvalue weighted by molar-refractivity contribution is 5.73. The van der Waals surface area contributed by atoms with Crippen LogP contribution in [0.5, 0.6) is 0 Å². The van der Waals surface area contributed by atoms with Crippen molar-refractivity contribution in [2.24, 2.45) is 0 Å². The lowest BCUT2D eigenvalue weighted by molar-refractivity contribution is 0.474. The normalized spacial score (nSPS) is 18.0. The Labute approximate surface area is 145 Å². The van der Waals surface area contributed by atoms with Crippen molar-refractivity contribution in [1.82, 2.24) is 19.3 Å². The van der Waals surface area contributed by atoms with Crippen molar-refractivity contribution < 1.29 is 0 Å². The van der Waals surface area contributed by atoms with Crippen LogP contribution in [0.15, 0.2) is 41.3 Å². The van der Waals surface area contributed by atoms with E-state index in [4.69, 9.17) is 4.98 Å². The van der Waals surface area contributed by atoms with Gasteiger partial charge in [-0.05, 0) is 25.0 Å². The van der Waals surface area contributed by atoms with Crippen LogP contribution >= 0.6 is 0 Å². The van der Waals surface area contributed by atoms with Gasteiger partial charge in [0.05, 0.1) is 18.8 Å². The smallest absolute Gasteiger partial charge is 0.264 e. The Morgan fingerprint density at radius 2 is 1.84 bits per heavy atom. The van der Waals surface area contributed by atoms with Gasteiger partial charge >= 0.3 is 0 Å². The average molecular weight is 335 g/mol. The minimum absolute atomic E-state index is 0.0527. The summed E-state index contributed by atoms with van der Waals surface area (Å²) in [7, 11) is 0. The second-order valence-electron chi connectivity index (χ2n) is 7.01. The second-order valence-corrected chi connectivity index (χ2v) is 7.01. The first-order valence-electron chi connectivity index (χ1n) is 9.08. The summed E-state index contributed by atoms with van der Waals surface area (Å²) in [5, 5.41) is 5.17. The van der Waals surface area contributed by atoms with E-state index in [9.17, 15) is 4.79 Å². The molecule has 0 bridgehead atoms. The summed E-state index contributed by atoms with van der Waals surface area (Å²) in [6.45, 7) is 2.15. The van der Waals surface area contributed by atoms with E-state index in [1.165, 1.54) is 18.5 Å². The van der Waals surface area contributed by atoms with Crippen molar-refractivity contribution in [1.29, 1.82) is 0 Å². The van der Waals surface area contributed by atoms with Gasteiger partial charge in [-0.1, -0.05) is 31.0 Å².